The Bertz CT molecular complexity index is 557. The molecular weight excluding hydrogens is 261 g/mol. The normalized spacial score (nSPS) is 10.8. The molecule has 0 aliphatic rings. The lowest BCUT2D eigenvalue weighted by Crippen LogP contribution is -2.19. The van der Waals surface area contributed by atoms with Crippen LogP contribution in [0.4, 0.5) is 4.39 Å². The summed E-state index contributed by atoms with van der Waals surface area (Å²) < 4.78 is 26.1. The molecule has 0 unspecified atom stereocenters. The van der Waals surface area contributed by atoms with Gasteiger partial charge in [-0.3, -0.25) is 4.68 Å². The molecule has 0 saturated heterocycles. The monoisotopic (exact) mass is 279 g/mol. The molecule has 1 heterocycles. The van der Waals surface area contributed by atoms with Gasteiger partial charge >= 0.3 is 0 Å². The maximum absolute atomic E-state index is 13.9. The number of ether oxygens (including phenoxy) is 2. The number of aryl methyl sites for hydroxylation is 1. The van der Waals surface area contributed by atoms with Crippen LogP contribution >= 0.6 is 0 Å². The van der Waals surface area contributed by atoms with Crippen molar-refractivity contribution >= 4 is 0 Å². The molecule has 0 atom stereocenters. The highest BCUT2D eigenvalue weighted by molar-refractivity contribution is 5.37. The molecular formula is C14H18FN3O2. The summed E-state index contributed by atoms with van der Waals surface area (Å²) in [7, 11) is 3.42. The van der Waals surface area contributed by atoms with Gasteiger partial charge < -0.3 is 14.8 Å². The van der Waals surface area contributed by atoms with E-state index in [9.17, 15) is 4.39 Å². The molecule has 1 aromatic carbocycles. The minimum absolute atomic E-state index is 0.295. The Kier molecular flexibility index (Phi) is 5.09. The first-order valence-corrected chi connectivity index (χ1v) is 6.34. The summed E-state index contributed by atoms with van der Waals surface area (Å²) in [5.74, 6) is 0.774. The number of nitrogens with zero attached hydrogens (tertiary/aromatic N) is 2. The molecule has 0 amide bonds. The molecule has 0 saturated carbocycles. The van der Waals surface area contributed by atoms with Crippen molar-refractivity contribution in [1.82, 2.24) is 15.1 Å². The zero-order valence-corrected chi connectivity index (χ0v) is 11.6. The zero-order valence-electron chi connectivity index (χ0n) is 11.6. The second-order valence-electron chi connectivity index (χ2n) is 4.34. The smallest absolute Gasteiger partial charge is 0.165 e. The summed E-state index contributed by atoms with van der Waals surface area (Å²) in [6.07, 6.45) is 3.32. The molecule has 20 heavy (non-hydrogen) atoms. The maximum atomic E-state index is 13.9. The molecule has 1 N–H and O–H groups in total. The van der Waals surface area contributed by atoms with E-state index in [-0.39, 0.29) is 5.82 Å². The van der Waals surface area contributed by atoms with Crippen molar-refractivity contribution in [3.8, 4) is 11.5 Å². The number of nitrogens with one attached hydrogen (secondary N) is 1. The van der Waals surface area contributed by atoms with E-state index in [4.69, 9.17) is 9.47 Å². The van der Waals surface area contributed by atoms with Crippen molar-refractivity contribution in [3.63, 3.8) is 0 Å². The summed E-state index contributed by atoms with van der Waals surface area (Å²) in [4.78, 5) is 0. The van der Waals surface area contributed by atoms with Gasteiger partial charge in [0, 0.05) is 32.8 Å². The highest BCUT2D eigenvalue weighted by Crippen LogP contribution is 2.26. The molecule has 0 aliphatic carbocycles. The molecule has 0 radical (unpaired) electrons. The maximum Gasteiger partial charge on any atom is 0.165 e. The minimum Gasteiger partial charge on any atom is -0.454 e. The Labute approximate surface area is 117 Å². The molecule has 0 spiro atoms. The molecule has 0 fully saturated rings. The van der Waals surface area contributed by atoms with Crippen LogP contribution in [0.3, 0.4) is 0 Å². The van der Waals surface area contributed by atoms with Gasteiger partial charge in [-0.2, -0.15) is 5.10 Å². The Morgan fingerprint density at radius 2 is 2.25 bits per heavy atom. The largest absolute Gasteiger partial charge is 0.454 e. The van der Waals surface area contributed by atoms with Gasteiger partial charge in [-0.1, -0.05) is 6.07 Å². The first-order chi connectivity index (χ1) is 9.70. The number of methoxy groups -OCH3 is 1. The van der Waals surface area contributed by atoms with Crippen molar-refractivity contribution in [1.29, 1.82) is 0 Å². The van der Waals surface area contributed by atoms with Crippen molar-refractivity contribution in [2.75, 3.05) is 20.3 Å². The van der Waals surface area contributed by atoms with Crippen LogP contribution in [0.1, 0.15) is 5.56 Å². The van der Waals surface area contributed by atoms with Gasteiger partial charge in [0.2, 0.25) is 0 Å². The number of halogens is 1. The van der Waals surface area contributed by atoms with Crippen LogP contribution in [0.15, 0.2) is 30.6 Å². The molecule has 108 valence electrons. The van der Waals surface area contributed by atoms with Gasteiger partial charge in [0.25, 0.3) is 0 Å². The van der Waals surface area contributed by atoms with E-state index in [1.807, 2.05) is 0 Å². The second-order valence-corrected chi connectivity index (χ2v) is 4.34. The number of hydrogen-bond donors (Lipinski definition) is 1. The lowest BCUT2D eigenvalue weighted by molar-refractivity contribution is 0.199. The van der Waals surface area contributed by atoms with Crippen LogP contribution < -0.4 is 10.1 Å². The summed E-state index contributed by atoms with van der Waals surface area (Å²) >= 11 is 0. The van der Waals surface area contributed by atoms with Crippen molar-refractivity contribution in [2.45, 2.75) is 6.54 Å². The van der Waals surface area contributed by atoms with E-state index < -0.39 is 0 Å². The predicted octanol–water partition coefficient (Wildman–Crippen LogP) is 2.09. The third-order valence-corrected chi connectivity index (χ3v) is 2.77. The van der Waals surface area contributed by atoms with E-state index in [2.05, 4.69) is 10.4 Å². The van der Waals surface area contributed by atoms with Gasteiger partial charge in [0.15, 0.2) is 5.75 Å². The highest BCUT2D eigenvalue weighted by Gasteiger charge is 2.10. The Hall–Kier alpha value is -1.92. The van der Waals surface area contributed by atoms with Crippen LogP contribution in [-0.2, 0) is 18.3 Å². The molecule has 0 aliphatic heterocycles. The fraction of sp³-hybridized carbons (Fsp3) is 0.357. The standard InChI is InChI=1S/C14H18FN3O2/c1-18-10-11(8-17-18)20-14-5-3-4-13(15)12(14)9-16-6-7-19-2/h3-5,8,10,16H,6-7,9H2,1-2H3. The molecule has 2 aromatic rings. The van der Waals surface area contributed by atoms with E-state index in [0.29, 0.717) is 36.8 Å². The Balaban J connectivity index is 2.09. The van der Waals surface area contributed by atoms with Gasteiger partial charge in [-0.05, 0) is 12.1 Å². The lowest BCUT2D eigenvalue weighted by atomic mass is 10.2. The van der Waals surface area contributed by atoms with Gasteiger partial charge in [0.05, 0.1) is 19.0 Å². The van der Waals surface area contributed by atoms with Gasteiger partial charge in [0.1, 0.15) is 11.6 Å². The average molecular weight is 279 g/mol. The summed E-state index contributed by atoms with van der Waals surface area (Å²) in [5.41, 5.74) is 0.493. The number of aromatic nitrogens is 2. The van der Waals surface area contributed by atoms with Crippen molar-refractivity contribution in [2.24, 2.45) is 7.05 Å². The van der Waals surface area contributed by atoms with Crippen LogP contribution in [0.5, 0.6) is 11.5 Å². The molecule has 6 heteroatoms. The van der Waals surface area contributed by atoms with Gasteiger partial charge in [-0.15, -0.1) is 0 Å². The van der Waals surface area contributed by atoms with Crippen LogP contribution in [0.2, 0.25) is 0 Å². The Morgan fingerprint density at radius 1 is 1.40 bits per heavy atom. The first-order valence-electron chi connectivity index (χ1n) is 6.34. The lowest BCUT2D eigenvalue weighted by Gasteiger charge is -2.11. The predicted molar refractivity (Wildman–Crippen MR) is 73.3 cm³/mol. The molecule has 0 bridgehead atoms. The topological polar surface area (TPSA) is 48.3 Å². The summed E-state index contributed by atoms with van der Waals surface area (Å²) in [6.45, 7) is 1.61. The van der Waals surface area contributed by atoms with Crippen LogP contribution in [0.25, 0.3) is 0 Å². The number of benzene rings is 1. The molecule has 2 rings (SSSR count). The molecule has 5 nitrogen and oxygen atoms in total. The summed E-state index contributed by atoms with van der Waals surface area (Å²) in [6, 6.07) is 4.78. The van der Waals surface area contributed by atoms with E-state index in [1.54, 1.807) is 43.4 Å². The quantitative estimate of drug-likeness (QED) is 0.788. The SMILES string of the molecule is COCCNCc1c(F)cccc1Oc1cnn(C)c1. The third kappa shape index (κ3) is 3.79. The van der Waals surface area contributed by atoms with Gasteiger partial charge in [-0.25, -0.2) is 4.39 Å². The minimum atomic E-state index is -0.295. The van der Waals surface area contributed by atoms with Crippen molar-refractivity contribution in [3.05, 3.63) is 42.0 Å². The van der Waals surface area contributed by atoms with Crippen LogP contribution in [0, 0.1) is 5.82 Å². The number of rotatable bonds is 7. The van der Waals surface area contributed by atoms with Crippen molar-refractivity contribution < 1.29 is 13.9 Å². The summed E-state index contributed by atoms with van der Waals surface area (Å²) in [5, 5.41) is 7.13. The average Bonchev–Trinajstić information content (AvgIpc) is 2.83. The zero-order chi connectivity index (χ0) is 14.4. The highest BCUT2D eigenvalue weighted by atomic mass is 19.1. The van der Waals surface area contributed by atoms with E-state index in [1.165, 1.54) is 6.07 Å². The second kappa shape index (κ2) is 7.02. The number of hydrogen-bond acceptors (Lipinski definition) is 4. The fourth-order valence-corrected chi connectivity index (χ4v) is 1.77. The van der Waals surface area contributed by atoms with Crippen LogP contribution in [-0.4, -0.2) is 30.0 Å². The molecule has 1 aromatic heterocycles. The van der Waals surface area contributed by atoms with E-state index >= 15 is 0 Å². The van der Waals surface area contributed by atoms with E-state index in [0.717, 1.165) is 0 Å². The third-order valence-electron chi connectivity index (χ3n) is 2.77. The Morgan fingerprint density at radius 3 is 2.95 bits per heavy atom. The first kappa shape index (κ1) is 14.5. The fourth-order valence-electron chi connectivity index (χ4n) is 1.77.